The Bertz CT molecular complexity index is 347. The maximum absolute atomic E-state index is 8.86. The Kier molecular flexibility index (Phi) is 2.00. The summed E-state index contributed by atoms with van der Waals surface area (Å²) in [5, 5.41) is 12.2. The second kappa shape index (κ2) is 3.17. The Hall–Kier alpha value is -1.38. The predicted octanol–water partition coefficient (Wildman–Crippen LogP) is 1.84. The number of rotatable bonds is 1. The molecule has 0 radical (unpaired) electrons. The maximum Gasteiger partial charge on any atom is 0.109 e. The van der Waals surface area contributed by atoms with Crippen LogP contribution in [0.4, 0.5) is 0 Å². The van der Waals surface area contributed by atoms with Crippen LogP contribution in [0.3, 0.4) is 0 Å². The minimum atomic E-state index is 0.342. The van der Waals surface area contributed by atoms with E-state index in [0.29, 0.717) is 5.92 Å². The summed E-state index contributed by atoms with van der Waals surface area (Å²) in [6.45, 7) is 2.10. The van der Waals surface area contributed by atoms with Gasteiger partial charge < -0.3 is 5.21 Å². The summed E-state index contributed by atoms with van der Waals surface area (Å²) in [6, 6.07) is 3.97. The molecule has 0 amide bonds. The normalized spacial score (nSPS) is 23.5. The Morgan fingerprint density at radius 3 is 3.23 bits per heavy atom. The van der Waals surface area contributed by atoms with Gasteiger partial charge in [0.25, 0.3) is 0 Å². The molecule has 0 aromatic carbocycles. The van der Waals surface area contributed by atoms with Crippen LogP contribution in [0.15, 0.2) is 23.5 Å². The average Bonchev–Trinajstić information content (AvgIpc) is 2.55. The van der Waals surface area contributed by atoms with Crippen LogP contribution in [0.2, 0.25) is 0 Å². The van der Waals surface area contributed by atoms with Gasteiger partial charge in [0.2, 0.25) is 0 Å². The van der Waals surface area contributed by atoms with Crippen LogP contribution in [-0.2, 0) is 6.42 Å². The number of fused-ring (bicyclic) bond motifs is 1. The molecule has 1 aliphatic carbocycles. The van der Waals surface area contributed by atoms with Crippen LogP contribution in [0.25, 0.3) is 0 Å². The molecule has 1 unspecified atom stereocenters. The molecular formula is C10H12N2O. The Morgan fingerprint density at radius 2 is 2.54 bits per heavy atom. The van der Waals surface area contributed by atoms with E-state index in [9.17, 15) is 0 Å². The van der Waals surface area contributed by atoms with Crippen LogP contribution < -0.4 is 0 Å². The lowest BCUT2D eigenvalue weighted by Gasteiger charge is -2.03. The standard InChI is InChI=1S/C10H12N2O/c1-2-7-6-8-4-3-5-11-9(8)10(7)12-13/h3-5,7,13H,2,6H2,1H3. The topological polar surface area (TPSA) is 45.5 Å². The fourth-order valence-electron chi connectivity index (χ4n) is 1.86. The van der Waals surface area contributed by atoms with Gasteiger partial charge >= 0.3 is 0 Å². The van der Waals surface area contributed by atoms with Crippen molar-refractivity contribution in [2.45, 2.75) is 19.8 Å². The summed E-state index contributed by atoms with van der Waals surface area (Å²) in [7, 11) is 0. The first kappa shape index (κ1) is 8.23. The highest BCUT2D eigenvalue weighted by Gasteiger charge is 2.28. The third kappa shape index (κ3) is 1.20. The zero-order valence-corrected chi connectivity index (χ0v) is 7.57. The van der Waals surface area contributed by atoms with Crippen LogP contribution in [0, 0.1) is 5.92 Å². The number of oxime groups is 1. The lowest BCUT2D eigenvalue weighted by Crippen LogP contribution is -2.09. The van der Waals surface area contributed by atoms with Crippen molar-refractivity contribution in [2.24, 2.45) is 11.1 Å². The molecule has 0 aliphatic heterocycles. The molecule has 1 N–H and O–H groups in total. The van der Waals surface area contributed by atoms with Gasteiger partial charge in [0.05, 0.1) is 5.69 Å². The van der Waals surface area contributed by atoms with Crippen LogP contribution in [0.1, 0.15) is 24.6 Å². The zero-order valence-electron chi connectivity index (χ0n) is 7.57. The minimum absolute atomic E-state index is 0.342. The molecule has 1 aromatic heterocycles. The van der Waals surface area contributed by atoms with Gasteiger partial charge in [-0.1, -0.05) is 18.1 Å². The van der Waals surface area contributed by atoms with E-state index in [1.165, 1.54) is 5.56 Å². The molecule has 13 heavy (non-hydrogen) atoms. The van der Waals surface area contributed by atoms with Crippen LogP contribution in [0.5, 0.6) is 0 Å². The van der Waals surface area contributed by atoms with Crippen molar-refractivity contribution in [1.82, 2.24) is 4.98 Å². The predicted molar refractivity (Wildman–Crippen MR) is 50.0 cm³/mol. The number of pyridine rings is 1. The molecule has 68 valence electrons. The third-order valence-electron chi connectivity index (χ3n) is 2.59. The van der Waals surface area contributed by atoms with Gasteiger partial charge in [0, 0.05) is 12.1 Å². The van der Waals surface area contributed by atoms with Crippen molar-refractivity contribution in [1.29, 1.82) is 0 Å². The second-order valence-electron chi connectivity index (χ2n) is 3.31. The summed E-state index contributed by atoms with van der Waals surface area (Å²) >= 11 is 0. The summed E-state index contributed by atoms with van der Waals surface area (Å²) in [4.78, 5) is 4.22. The molecule has 0 saturated heterocycles. The van der Waals surface area contributed by atoms with Gasteiger partial charge in [0.15, 0.2) is 0 Å². The number of aromatic nitrogens is 1. The maximum atomic E-state index is 8.86. The monoisotopic (exact) mass is 176 g/mol. The molecular weight excluding hydrogens is 164 g/mol. The molecule has 1 atom stereocenters. The summed E-state index contributed by atoms with van der Waals surface area (Å²) in [5.41, 5.74) is 2.82. The average molecular weight is 176 g/mol. The van der Waals surface area contributed by atoms with Crippen molar-refractivity contribution < 1.29 is 5.21 Å². The van der Waals surface area contributed by atoms with Gasteiger partial charge in [-0.2, -0.15) is 0 Å². The van der Waals surface area contributed by atoms with E-state index < -0.39 is 0 Å². The Labute approximate surface area is 77.1 Å². The van der Waals surface area contributed by atoms with Crippen molar-refractivity contribution in [3.63, 3.8) is 0 Å². The minimum Gasteiger partial charge on any atom is -0.411 e. The molecule has 1 heterocycles. The smallest absolute Gasteiger partial charge is 0.109 e. The number of nitrogens with zero attached hydrogens (tertiary/aromatic N) is 2. The molecule has 0 spiro atoms. The number of hydrogen-bond donors (Lipinski definition) is 1. The van der Waals surface area contributed by atoms with Crippen molar-refractivity contribution in [2.75, 3.05) is 0 Å². The molecule has 0 bridgehead atoms. The first-order valence-corrected chi connectivity index (χ1v) is 4.53. The molecule has 1 aliphatic rings. The SMILES string of the molecule is CCC1Cc2cccnc2C1=NO. The zero-order chi connectivity index (χ0) is 9.26. The van der Waals surface area contributed by atoms with Gasteiger partial charge in [-0.15, -0.1) is 0 Å². The van der Waals surface area contributed by atoms with Crippen LogP contribution in [-0.4, -0.2) is 15.9 Å². The first-order valence-electron chi connectivity index (χ1n) is 4.53. The quantitative estimate of drug-likeness (QED) is 0.524. The lowest BCUT2D eigenvalue weighted by molar-refractivity contribution is 0.315. The highest BCUT2D eigenvalue weighted by molar-refractivity contribution is 6.04. The molecule has 1 aromatic rings. The van der Waals surface area contributed by atoms with Gasteiger partial charge in [-0.05, 0) is 24.5 Å². The number of hydrogen-bond acceptors (Lipinski definition) is 3. The molecule has 3 nitrogen and oxygen atoms in total. The fourth-order valence-corrected chi connectivity index (χ4v) is 1.86. The fraction of sp³-hybridized carbons (Fsp3) is 0.400. The summed E-state index contributed by atoms with van der Waals surface area (Å²) in [6.07, 6.45) is 3.69. The molecule has 2 rings (SSSR count). The Morgan fingerprint density at radius 1 is 1.69 bits per heavy atom. The second-order valence-corrected chi connectivity index (χ2v) is 3.31. The van der Waals surface area contributed by atoms with Crippen molar-refractivity contribution in [3.8, 4) is 0 Å². The summed E-state index contributed by atoms with van der Waals surface area (Å²) < 4.78 is 0. The van der Waals surface area contributed by atoms with E-state index in [4.69, 9.17) is 5.21 Å². The van der Waals surface area contributed by atoms with E-state index in [-0.39, 0.29) is 0 Å². The van der Waals surface area contributed by atoms with Gasteiger partial charge in [-0.3, -0.25) is 4.98 Å². The van der Waals surface area contributed by atoms with Crippen LogP contribution >= 0.6 is 0 Å². The highest BCUT2D eigenvalue weighted by atomic mass is 16.4. The third-order valence-corrected chi connectivity index (χ3v) is 2.59. The summed E-state index contributed by atoms with van der Waals surface area (Å²) in [5.74, 6) is 0.342. The van der Waals surface area contributed by atoms with E-state index in [0.717, 1.165) is 24.2 Å². The van der Waals surface area contributed by atoms with Gasteiger partial charge in [-0.25, -0.2) is 0 Å². The van der Waals surface area contributed by atoms with Gasteiger partial charge in [0.1, 0.15) is 5.71 Å². The molecule has 0 saturated carbocycles. The van der Waals surface area contributed by atoms with E-state index in [1.54, 1.807) is 6.20 Å². The van der Waals surface area contributed by atoms with E-state index in [2.05, 4.69) is 17.1 Å². The largest absolute Gasteiger partial charge is 0.411 e. The van der Waals surface area contributed by atoms with Crippen molar-refractivity contribution >= 4 is 5.71 Å². The first-order chi connectivity index (χ1) is 6.36. The molecule has 3 heteroatoms. The van der Waals surface area contributed by atoms with E-state index in [1.807, 2.05) is 12.1 Å². The highest BCUT2D eigenvalue weighted by Crippen LogP contribution is 2.27. The molecule has 0 fully saturated rings. The Balaban J connectivity index is 2.46. The lowest BCUT2D eigenvalue weighted by atomic mass is 10.0. The van der Waals surface area contributed by atoms with E-state index >= 15 is 0 Å². The van der Waals surface area contributed by atoms with Crippen molar-refractivity contribution in [3.05, 3.63) is 29.6 Å².